The van der Waals surface area contributed by atoms with E-state index in [2.05, 4.69) is 31.1 Å². The minimum absolute atomic E-state index is 0.175. The van der Waals surface area contributed by atoms with Gasteiger partial charge in [0.1, 0.15) is 0 Å². The Labute approximate surface area is 118 Å². The molecule has 0 radical (unpaired) electrons. The molecular weight excluding hydrogens is 238 g/mol. The van der Waals surface area contributed by atoms with E-state index in [1.54, 1.807) is 0 Å². The third-order valence-electron chi connectivity index (χ3n) is 4.56. The van der Waals surface area contributed by atoms with Crippen molar-refractivity contribution in [1.29, 1.82) is 0 Å². The third-order valence-corrected chi connectivity index (χ3v) is 4.56. The lowest BCUT2D eigenvalue weighted by molar-refractivity contribution is -0.131. The van der Waals surface area contributed by atoms with Crippen LogP contribution >= 0.6 is 0 Å². The quantitative estimate of drug-likeness (QED) is 0.722. The first-order valence-corrected chi connectivity index (χ1v) is 7.70. The predicted molar refractivity (Wildman–Crippen MR) is 80.0 cm³/mol. The molecule has 0 unspecified atom stereocenters. The molecule has 0 aromatic heterocycles. The molecule has 0 spiro atoms. The fourth-order valence-corrected chi connectivity index (χ4v) is 2.72. The van der Waals surface area contributed by atoms with Crippen molar-refractivity contribution in [2.24, 2.45) is 11.1 Å². The highest BCUT2D eigenvalue weighted by Crippen LogP contribution is 2.34. The summed E-state index contributed by atoms with van der Waals surface area (Å²) in [6.45, 7) is 6.42. The summed E-state index contributed by atoms with van der Waals surface area (Å²) in [5.41, 5.74) is 5.62. The van der Waals surface area contributed by atoms with Gasteiger partial charge in [0.15, 0.2) is 0 Å². The van der Waals surface area contributed by atoms with Gasteiger partial charge in [-0.1, -0.05) is 25.7 Å². The maximum Gasteiger partial charge on any atom is 0.227 e. The van der Waals surface area contributed by atoms with Crippen molar-refractivity contribution in [3.8, 4) is 0 Å². The molecule has 4 heteroatoms. The number of carbonyl (C=O) groups is 1. The van der Waals surface area contributed by atoms with E-state index in [0.717, 1.165) is 38.8 Å². The molecule has 112 valence electrons. The molecule has 1 saturated carbocycles. The Hall–Kier alpha value is -0.610. The van der Waals surface area contributed by atoms with Gasteiger partial charge in [0.2, 0.25) is 5.91 Å². The lowest BCUT2D eigenvalue weighted by Crippen LogP contribution is -2.47. The summed E-state index contributed by atoms with van der Waals surface area (Å²) >= 11 is 0. The van der Waals surface area contributed by atoms with Crippen molar-refractivity contribution in [3.05, 3.63) is 0 Å². The monoisotopic (exact) mass is 269 g/mol. The molecule has 0 atom stereocenters. The van der Waals surface area contributed by atoms with Gasteiger partial charge in [-0.3, -0.25) is 4.79 Å². The molecule has 0 bridgehead atoms. The normalized spacial score (nSPS) is 19.5. The topological polar surface area (TPSA) is 58.4 Å². The molecule has 0 aromatic carbocycles. The highest BCUT2D eigenvalue weighted by atomic mass is 16.2. The average Bonchev–Trinajstić information content (AvgIpc) is 2.64. The summed E-state index contributed by atoms with van der Waals surface area (Å²) < 4.78 is 0. The number of nitrogens with two attached hydrogens (primary N) is 1. The number of nitrogens with zero attached hydrogens (tertiary/aromatic N) is 1. The van der Waals surface area contributed by atoms with Crippen LogP contribution in [0.4, 0.5) is 0 Å². The summed E-state index contributed by atoms with van der Waals surface area (Å²) in [4.78, 5) is 14.7. The Bertz CT molecular complexity index is 271. The second kappa shape index (κ2) is 7.85. The molecule has 19 heavy (non-hydrogen) atoms. The minimum Gasteiger partial charge on any atom is -0.354 e. The van der Waals surface area contributed by atoms with Crippen molar-refractivity contribution in [3.63, 3.8) is 0 Å². The van der Waals surface area contributed by atoms with Gasteiger partial charge in [-0.2, -0.15) is 0 Å². The highest BCUT2D eigenvalue weighted by molar-refractivity contribution is 5.82. The molecular formula is C15H31N3O. The first kappa shape index (κ1) is 16.4. The molecule has 1 fully saturated rings. The van der Waals surface area contributed by atoms with Crippen LogP contribution in [0.3, 0.4) is 0 Å². The molecule has 3 N–H and O–H groups in total. The molecule has 0 aliphatic heterocycles. The number of hydrogen-bond acceptors (Lipinski definition) is 3. The first-order valence-electron chi connectivity index (χ1n) is 7.70. The van der Waals surface area contributed by atoms with Gasteiger partial charge in [0.05, 0.1) is 5.41 Å². The molecule has 1 aliphatic rings. The smallest absolute Gasteiger partial charge is 0.227 e. The Morgan fingerprint density at radius 3 is 2.32 bits per heavy atom. The zero-order valence-electron chi connectivity index (χ0n) is 12.9. The molecule has 1 rings (SSSR count). The van der Waals surface area contributed by atoms with Gasteiger partial charge in [0.25, 0.3) is 0 Å². The summed E-state index contributed by atoms with van der Waals surface area (Å²) in [5, 5.41) is 3.10. The van der Waals surface area contributed by atoms with E-state index in [-0.39, 0.29) is 11.3 Å². The average molecular weight is 269 g/mol. The summed E-state index contributed by atoms with van der Waals surface area (Å²) in [7, 11) is 2.08. The molecule has 1 aliphatic carbocycles. The van der Waals surface area contributed by atoms with Crippen LogP contribution in [0.25, 0.3) is 0 Å². The van der Waals surface area contributed by atoms with Crippen molar-refractivity contribution in [2.75, 3.05) is 26.7 Å². The predicted octanol–water partition coefficient (Wildman–Crippen LogP) is 1.74. The number of carbonyl (C=O) groups excluding carboxylic acids is 1. The van der Waals surface area contributed by atoms with Gasteiger partial charge in [-0.15, -0.1) is 0 Å². The van der Waals surface area contributed by atoms with Crippen molar-refractivity contribution < 1.29 is 4.79 Å². The van der Waals surface area contributed by atoms with Crippen LogP contribution in [-0.2, 0) is 4.79 Å². The van der Waals surface area contributed by atoms with Gasteiger partial charge < -0.3 is 16.0 Å². The van der Waals surface area contributed by atoms with Crippen LogP contribution in [0.2, 0.25) is 0 Å². The van der Waals surface area contributed by atoms with Gasteiger partial charge in [0, 0.05) is 25.7 Å². The number of hydrogen-bond donors (Lipinski definition) is 2. The van der Waals surface area contributed by atoms with E-state index in [0.29, 0.717) is 12.6 Å². The van der Waals surface area contributed by atoms with Crippen molar-refractivity contribution in [1.82, 2.24) is 10.2 Å². The van der Waals surface area contributed by atoms with Gasteiger partial charge in [-0.25, -0.2) is 0 Å². The van der Waals surface area contributed by atoms with Crippen LogP contribution in [0.5, 0.6) is 0 Å². The lowest BCUT2D eigenvalue weighted by atomic mass is 9.79. The molecule has 0 heterocycles. The summed E-state index contributed by atoms with van der Waals surface area (Å²) in [5.74, 6) is 0.175. The highest BCUT2D eigenvalue weighted by Gasteiger charge is 2.36. The maximum absolute atomic E-state index is 12.4. The third kappa shape index (κ3) is 4.77. The molecule has 1 amide bonds. The summed E-state index contributed by atoms with van der Waals surface area (Å²) in [6, 6.07) is 0.512. The number of nitrogens with one attached hydrogen (secondary N) is 1. The molecule has 0 aromatic rings. The van der Waals surface area contributed by atoms with Gasteiger partial charge >= 0.3 is 0 Å². The number of rotatable bonds is 6. The SMILES string of the molecule is CC(C)N(C)CCNC(=O)C1(CN)CCCCCC1. The number of amides is 1. The molecule has 0 saturated heterocycles. The van der Waals surface area contributed by atoms with E-state index in [1.807, 2.05) is 0 Å². The Kier molecular flexibility index (Phi) is 6.80. The van der Waals surface area contributed by atoms with E-state index >= 15 is 0 Å². The Morgan fingerprint density at radius 2 is 1.84 bits per heavy atom. The van der Waals surface area contributed by atoms with Crippen molar-refractivity contribution in [2.45, 2.75) is 58.4 Å². The zero-order chi connectivity index (χ0) is 14.3. The van der Waals surface area contributed by atoms with E-state index in [9.17, 15) is 4.79 Å². The fraction of sp³-hybridized carbons (Fsp3) is 0.933. The van der Waals surface area contributed by atoms with Crippen molar-refractivity contribution >= 4 is 5.91 Å². The molecule has 4 nitrogen and oxygen atoms in total. The second-order valence-corrected chi connectivity index (χ2v) is 6.23. The van der Waals surface area contributed by atoms with E-state index < -0.39 is 0 Å². The second-order valence-electron chi connectivity index (χ2n) is 6.23. The standard InChI is InChI=1S/C15H31N3O/c1-13(2)18(3)11-10-17-14(19)15(12-16)8-6-4-5-7-9-15/h13H,4-12,16H2,1-3H3,(H,17,19). The van der Waals surface area contributed by atoms with Crippen LogP contribution in [0, 0.1) is 5.41 Å². The first-order chi connectivity index (χ1) is 9.02. The van der Waals surface area contributed by atoms with Crippen LogP contribution < -0.4 is 11.1 Å². The van der Waals surface area contributed by atoms with Gasteiger partial charge in [-0.05, 0) is 33.7 Å². The van der Waals surface area contributed by atoms with Crippen LogP contribution in [0.1, 0.15) is 52.4 Å². The largest absolute Gasteiger partial charge is 0.354 e. The fourth-order valence-electron chi connectivity index (χ4n) is 2.72. The Balaban J connectivity index is 2.45. The van der Waals surface area contributed by atoms with E-state index in [4.69, 9.17) is 5.73 Å². The minimum atomic E-state index is -0.299. The van der Waals surface area contributed by atoms with E-state index in [1.165, 1.54) is 12.8 Å². The van der Waals surface area contributed by atoms with Crippen LogP contribution in [0.15, 0.2) is 0 Å². The van der Waals surface area contributed by atoms with Crippen LogP contribution in [-0.4, -0.2) is 43.5 Å². The maximum atomic E-state index is 12.4. The Morgan fingerprint density at radius 1 is 1.26 bits per heavy atom. The zero-order valence-corrected chi connectivity index (χ0v) is 12.9. The lowest BCUT2D eigenvalue weighted by Gasteiger charge is -2.30. The number of likely N-dealkylation sites (N-methyl/N-ethyl adjacent to an activating group) is 1. The summed E-state index contributed by atoms with van der Waals surface area (Å²) in [6.07, 6.45) is 6.66.